The van der Waals surface area contributed by atoms with Crippen LogP contribution in [-0.2, 0) is 0 Å². The third-order valence-electron chi connectivity index (χ3n) is 1.08. The second-order valence-corrected chi connectivity index (χ2v) is 1.78. The molecular formula is C4H9N5. The van der Waals surface area contributed by atoms with Gasteiger partial charge in [0.2, 0.25) is 0 Å². The minimum Gasteiger partial charge on any atom is -0.395 e. The highest BCUT2D eigenvalue weighted by Crippen LogP contribution is 1.93. The van der Waals surface area contributed by atoms with Crippen molar-refractivity contribution >= 4 is 5.84 Å². The Morgan fingerprint density at radius 2 is 2.44 bits per heavy atom. The third kappa shape index (κ3) is 0.945. The van der Waals surface area contributed by atoms with E-state index in [0.717, 1.165) is 0 Å². The third-order valence-corrected chi connectivity index (χ3v) is 1.08. The summed E-state index contributed by atoms with van der Waals surface area (Å²) in [6.07, 6.45) is 1.56. The van der Waals surface area contributed by atoms with Crippen LogP contribution in [0.2, 0.25) is 0 Å². The van der Waals surface area contributed by atoms with Gasteiger partial charge < -0.3 is 11.1 Å². The lowest BCUT2D eigenvalue weighted by Gasteiger charge is -2.23. The molecule has 1 rings (SSSR count). The van der Waals surface area contributed by atoms with E-state index in [2.05, 4.69) is 5.32 Å². The van der Waals surface area contributed by atoms with Gasteiger partial charge in [0.1, 0.15) is 6.67 Å². The number of nitrogens with zero attached hydrogens (tertiary/aromatic N) is 1. The smallest absolute Gasteiger partial charge is 0.161 e. The maximum atomic E-state index is 7.17. The zero-order chi connectivity index (χ0) is 6.85. The molecule has 0 aromatic rings. The Balaban J connectivity index is 2.74. The van der Waals surface area contributed by atoms with Crippen molar-refractivity contribution < 1.29 is 0 Å². The lowest BCUT2D eigenvalue weighted by atomic mass is 10.4. The first-order chi connectivity index (χ1) is 4.22. The van der Waals surface area contributed by atoms with Crippen LogP contribution in [0.15, 0.2) is 11.9 Å². The molecule has 1 aliphatic rings. The molecule has 0 fully saturated rings. The fraction of sp³-hybridized carbons (Fsp3) is 0.250. The summed E-state index contributed by atoms with van der Waals surface area (Å²) in [6, 6.07) is 0. The Bertz CT molecular complexity index is 160. The Labute approximate surface area is 52.8 Å². The minimum atomic E-state index is 0.161. The molecule has 5 heteroatoms. The van der Waals surface area contributed by atoms with E-state index in [1.807, 2.05) is 0 Å². The van der Waals surface area contributed by atoms with E-state index >= 15 is 0 Å². The van der Waals surface area contributed by atoms with Crippen LogP contribution in [0, 0.1) is 5.41 Å². The van der Waals surface area contributed by atoms with Gasteiger partial charge in [-0.05, 0) is 0 Å². The van der Waals surface area contributed by atoms with Crippen LogP contribution in [-0.4, -0.2) is 17.5 Å². The number of hydrogen-bond donors (Lipinski definition) is 4. The molecule has 5 nitrogen and oxygen atoms in total. The molecule has 1 heterocycles. The van der Waals surface area contributed by atoms with Crippen molar-refractivity contribution in [1.29, 1.82) is 5.41 Å². The van der Waals surface area contributed by atoms with E-state index in [4.69, 9.17) is 17.0 Å². The molecule has 0 saturated heterocycles. The molecule has 0 aromatic heterocycles. The van der Waals surface area contributed by atoms with Gasteiger partial charge in [-0.3, -0.25) is 10.4 Å². The first-order valence-corrected chi connectivity index (χ1v) is 2.52. The summed E-state index contributed by atoms with van der Waals surface area (Å²) in [5, 5.41) is 11.2. The molecule has 0 spiro atoms. The first-order valence-electron chi connectivity index (χ1n) is 2.52. The van der Waals surface area contributed by atoms with E-state index in [9.17, 15) is 0 Å². The van der Waals surface area contributed by atoms with Gasteiger partial charge in [0.15, 0.2) is 5.84 Å². The zero-order valence-corrected chi connectivity index (χ0v) is 4.89. The van der Waals surface area contributed by atoms with Gasteiger partial charge in [0.25, 0.3) is 0 Å². The molecular weight excluding hydrogens is 118 g/mol. The van der Waals surface area contributed by atoms with E-state index in [1.54, 1.807) is 6.20 Å². The Morgan fingerprint density at radius 3 is 2.89 bits per heavy atom. The molecule has 0 radical (unpaired) electrons. The average Bonchev–Trinajstić information content (AvgIpc) is 1.83. The maximum absolute atomic E-state index is 7.17. The highest BCUT2D eigenvalue weighted by Gasteiger charge is 2.10. The van der Waals surface area contributed by atoms with Gasteiger partial charge in [-0.25, -0.2) is 5.84 Å². The topological polar surface area (TPSA) is 91.2 Å². The van der Waals surface area contributed by atoms with Crippen LogP contribution in [0.25, 0.3) is 0 Å². The van der Waals surface area contributed by atoms with Gasteiger partial charge in [-0.15, -0.1) is 0 Å². The summed E-state index contributed by atoms with van der Waals surface area (Å²) in [4.78, 5) is 0. The average molecular weight is 127 g/mol. The number of hydrazine groups is 1. The monoisotopic (exact) mass is 127 g/mol. The zero-order valence-electron chi connectivity index (χ0n) is 4.89. The predicted molar refractivity (Wildman–Crippen MR) is 34.0 cm³/mol. The fourth-order valence-electron chi connectivity index (χ4n) is 0.567. The molecule has 0 atom stereocenters. The van der Waals surface area contributed by atoms with Crippen molar-refractivity contribution in [2.45, 2.75) is 0 Å². The van der Waals surface area contributed by atoms with Crippen molar-refractivity contribution in [2.75, 3.05) is 6.67 Å². The van der Waals surface area contributed by atoms with Crippen LogP contribution < -0.4 is 16.9 Å². The Hall–Kier alpha value is -1.23. The number of amidine groups is 1. The highest BCUT2D eigenvalue weighted by molar-refractivity contribution is 5.94. The predicted octanol–water partition coefficient (Wildman–Crippen LogP) is -1.50. The van der Waals surface area contributed by atoms with Gasteiger partial charge in [0.05, 0.1) is 5.70 Å². The van der Waals surface area contributed by atoms with E-state index in [1.165, 1.54) is 5.01 Å². The second-order valence-electron chi connectivity index (χ2n) is 1.78. The van der Waals surface area contributed by atoms with Crippen molar-refractivity contribution in [3.8, 4) is 0 Å². The van der Waals surface area contributed by atoms with E-state index in [-0.39, 0.29) is 5.84 Å². The molecule has 9 heavy (non-hydrogen) atoms. The lowest BCUT2D eigenvalue weighted by molar-refractivity contribution is 0.408. The van der Waals surface area contributed by atoms with Crippen LogP contribution in [0.5, 0.6) is 0 Å². The molecule has 1 aliphatic heterocycles. The van der Waals surface area contributed by atoms with Gasteiger partial charge in [-0.1, -0.05) is 0 Å². The summed E-state index contributed by atoms with van der Waals surface area (Å²) in [5.41, 5.74) is 5.69. The van der Waals surface area contributed by atoms with Gasteiger partial charge in [0, 0.05) is 6.20 Å². The van der Waals surface area contributed by atoms with Crippen LogP contribution in [0.4, 0.5) is 0 Å². The summed E-state index contributed by atoms with van der Waals surface area (Å²) in [5.74, 6) is 5.46. The fourth-order valence-corrected chi connectivity index (χ4v) is 0.567. The van der Waals surface area contributed by atoms with Crippen molar-refractivity contribution in [1.82, 2.24) is 10.3 Å². The lowest BCUT2D eigenvalue weighted by Crippen LogP contribution is -2.48. The van der Waals surface area contributed by atoms with Crippen LogP contribution in [0.1, 0.15) is 0 Å². The molecule has 0 amide bonds. The Kier molecular flexibility index (Phi) is 1.27. The van der Waals surface area contributed by atoms with Crippen molar-refractivity contribution in [3.63, 3.8) is 0 Å². The number of rotatable bonds is 0. The van der Waals surface area contributed by atoms with E-state index in [0.29, 0.717) is 12.4 Å². The molecule has 0 saturated carbocycles. The standard InChI is InChI=1S/C4H9N5/c5-3-1-8-2-9(7)4(3)6/h1,6,8H,2,5,7H2. The van der Waals surface area contributed by atoms with Crippen LogP contribution >= 0.6 is 0 Å². The summed E-state index contributed by atoms with van der Waals surface area (Å²) in [6.45, 7) is 0.444. The molecule has 0 unspecified atom stereocenters. The van der Waals surface area contributed by atoms with Gasteiger partial charge in [-0.2, -0.15) is 0 Å². The SMILES string of the molecule is N=C1C(N)=CNCN1N. The first kappa shape index (κ1) is 5.90. The summed E-state index contributed by atoms with van der Waals surface area (Å²) in [7, 11) is 0. The van der Waals surface area contributed by atoms with Crippen LogP contribution in [0.3, 0.4) is 0 Å². The summed E-state index contributed by atoms with van der Waals surface area (Å²) >= 11 is 0. The number of hydrogen-bond acceptors (Lipinski definition) is 4. The molecule has 50 valence electrons. The molecule has 0 aromatic carbocycles. The number of nitrogens with one attached hydrogen (secondary N) is 2. The normalized spacial score (nSPS) is 19.0. The number of nitrogens with two attached hydrogens (primary N) is 2. The minimum absolute atomic E-state index is 0.161. The maximum Gasteiger partial charge on any atom is 0.161 e. The second kappa shape index (κ2) is 1.94. The Morgan fingerprint density at radius 1 is 1.78 bits per heavy atom. The molecule has 0 bridgehead atoms. The van der Waals surface area contributed by atoms with Gasteiger partial charge >= 0.3 is 0 Å². The highest BCUT2D eigenvalue weighted by atomic mass is 15.5. The van der Waals surface area contributed by atoms with E-state index < -0.39 is 0 Å². The molecule has 0 aliphatic carbocycles. The molecule has 6 N–H and O–H groups in total. The summed E-state index contributed by atoms with van der Waals surface area (Å²) < 4.78 is 0. The quantitative estimate of drug-likeness (QED) is 0.298. The largest absolute Gasteiger partial charge is 0.395 e. The van der Waals surface area contributed by atoms with Crippen molar-refractivity contribution in [2.24, 2.45) is 11.6 Å². The van der Waals surface area contributed by atoms with Crippen molar-refractivity contribution in [3.05, 3.63) is 11.9 Å².